The number of methoxy groups -OCH3 is 2. The Balaban J connectivity index is 1.85. The fourth-order valence-electron chi connectivity index (χ4n) is 4.34. The van der Waals surface area contributed by atoms with Crippen LogP contribution >= 0.6 is 0 Å². The summed E-state index contributed by atoms with van der Waals surface area (Å²) in [6.07, 6.45) is 1.77. The highest BCUT2D eigenvalue weighted by Crippen LogP contribution is 2.52. The molecule has 2 aliphatic heterocycles. The van der Waals surface area contributed by atoms with E-state index in [-0.39, 0.29) is 17.5 Å². The summed E-state index contributed by atoms with van der Waals surface area (Å²) in [6, 6.07) is 7.80. The van der Waals surface area contributed by atoms with Gasteiger partial charge in [0.1, 0.15) is 11.7 Å². The number of rotatable bonds is 2. The third-order valence-corrected chi connectivity index (χ3v) is 5.68. The quantitative estimate of drug-likeness (QED) is 0.832. The number of aromatic hydroxyl groups is 2. The first-order valence-electron chi connectivity index (χ1n) is 8.13. The number of phenols is 2. The number of hydrogen-bond acceptors (Lipinski definition) is 4. The van der Waals surface area contributed by atoms with Crippen molar-refractivity contribution in [2.75, 3.05) is 27.8 Å². The van der Waals surface area contributed by atoms with Gasteiger partial charge in [-0.2, -0.15) is 0 Å². The highest BCUT2D eigenvalue weighted by atomic mass is 16.5. The van der Waals surface area contributed by atoms with Crippen LogP contribution in [0.1, 0.15) is 22.7 Å². The molecule has 0 fully saturated rings. The zero-order chi connectivity index (χ0) is 17.1. The van der Waals surface area contributed by atoms with Gasteiger partial charge < -0.3 is 19.7 Å². The molecule has 2 aromatic rings. The van der Waals surface area contributed by atoms with Crippen molar-refractivity contribution in [3.05, 3.63) is 41.0 Å². The summed E-state index contributed by atoms with van der Waals surface area (Å²) in [5, 5.41) is 20.4. The molecule has 24 heavy (non-hydrogen) atoms. The smallest absolute Gasteiger partial charge is 0.163 e. The molecule has 0 aliphatic carbocycles. The third kappa shape index (κ3) is 1.91. The van der Waals surface area contributed by atoms with Crippen LogP contribution in [-0.4, -0.2) is 38.0 Å². The molecule has 0 bridgehead atoms. The Bertz CT molecular complexity index is 833. The van der Waals surface area contributed by atoms with Gasteiger partial charge in [-0.25, -0.2) is 0 Å². The van der Waals surface area contributed by atoms with Crippen LogP contribution in [0.4, 0.5) is 5.69 Å². The fraction of sp³-hybridized carbons (Fsp3) is 0.368. The number of fused-ring (bicyclic) bond motifs is 5. The van der Waals surface area contributed by atoms with E-state index < -0.39 is 0 Å². The maximum atomic E-state index is 10.2. The second kappa shape index (κ2) is 5.05. The van der Waals surface area contributed by atoms with E-state index in [1.807, 2.05) is 24.3 Å². The Labute approximate surface area is 141 Å². The molecule has 0 spiro atoms. The van der Waals surface area contributed by atoms with Gasteiger partial charge in [0.15, 0.2) is 23.0 Å². The first-order valence-corrected chi connectivity index (χ1v) is 8.13. The third-order valence-electron chi connectivity index (χ3n) is 5.68. The summed E-state index contributed by atoms with van der Waals surface area (Å²) < 4.78 is 11.3. The number of nitrogens with zero attached hydrogens (tertiary/aromatic N) is 1. The number of likely N-dealkylation sites (N-methyl/N-ethyl adjacent to an activating group) is 1. The van der Waals surface area contributed by atoms with Crippen molar-refractivity contribution in [2.45, 2.75) is 18.9 Å². The van der Waals surface area contributed by atoms with E-state index in [2.05, 4.69) is 7.05 Å². The van der Waals surface area contributed by atoms with Gasteiger partial charge in [0.05, 0.1) is 27.8 Å². The molecule has 0 saturated heterocycles. The van der Waals surface area contributed by atoms with E-state index in [1.165, 1.54) is 11.1 Å². The summed E-state index contributed by atoms with van der Waals surface area (Å²) in [5.74, 6) is 1.40. The monoisotopic (exact) mass is 328 g/mol. The summed E-state index contributed by atoms with van der Waals surface area (Å²) in [5.41, 5.74) is 4.73. The molecule has 0 aromatic heterocycles. The van der Waals surface area contributed by atoms with Gasteiger partial charge in [0.2, 0.25) is 0 Å². The van der Waals surface area contributed by atoms with Crippen LogP contribution in [0, 0.1) is 0 Å². The van der Waals surface area contributed by atoms with Crippen LogP contribution in [0.2, 0.25) is 0 Å². The van der Waals surface area contributed by atoms with Crippen LogP contribution in [0.15, 0.2) is 24.3 Å². The molecule has 2 atom stereocenters. The van der Waals surface area contributed by atoms with E-state index in [4.69, 9.17) is 9.47 Å². The molecule has 2 aliphatic rings. The van der Waals surface area contributed by atoms with E-state index in [0.717, 1.165) is 35.1 Å². The maximum absolute atomic E-state index is 10.2. The lowest BCUT2D eigenvalue weighted by Gasteiger charge is -2.41. The molecule has 0 amide bonds. The molecule has 5 heteroatoms. The number of phenolic OH excluding ortho intramolecular Hbond substituents is 2. The minimum atomic E-state index is 0.180. The van der Waals surface area contributed by atoms with Crippen molar-refractivity contribution in [1.29, 1.82) is 0 Å². The minimum Gasteiger partial charge on any atom is -0.504 e. The van der Waals surface area contributed by atoms with Crippen LogP contribution in [-0.2, 0) is 12.8 Å². The standard InChI is InChI=1S/C19H21NO4/c1-20-5-4-11-7-18(23-2)16(21)9-13(11)15(20)6-12-8-19(24-3)17(22)10-14(12)20/h7-10,15H,4-6H2,1-3H3,(H-,21,22)/p+1. The number of ether oxygens (including phenoxy) is 2. The lowest BCUT2D eigenvalue weighted by atomic mass is 9.90. The van der Waals surface area contributed by atoms with Crippen molar-refractivity contribution < 1.29 is 19.7 Å². The summed E-state index contributed by atoms with van der Waals surface area (Å²) >= 11 is 0. The second-order valence-electron chi connectivity index (χ2n) is 6.84. The zero-order valence-corrected chi connectivity index (χ0v) is 14.2. The summed E-state index contributed by atoms with van der Waals surface area (Å²) in [4.78, 5) is 0. The molecule has 2 N–H and O–H groups in total. The molecule has 2 aromatic carbocycles. The minimum absolute atomic E-state index is 0.180. The number of benzene rings is 2. The molecule has 5 nitrogen and oxygen atoms in total. The SMILES string of the molecule is COc1cc2c(cc1O)C1Cc3cc(OC)c(O)cc3[N+]1(C)CC2. The predicted octanol–water partition coefficient (Wildman–Crippen LogP) is 2.91. The van der Waals surface area contributed by atoms with E-state index in [1.54, 1.807) is 14.2 Å². The van der Waals surface area contributed by atoms with E-state index >= 15 is 0 Å². The van der Waals surface area contributed by atoms with Gasteiger partial charge in [0.25, 0.3) is 0 Å². The van der Waals surface area contributed by atoms with Gasteiger partial charge in [-0.1, -0.05) is 0 Å². The van der Waals surface area contributed by atoms with Crippen molar-refractivity contribution in [1.82, 2.24) is 4.48 Å². The van der Waals surface area contributed by atoms with Crippen molar-refractivity contribution in [2.24, 2.45) is 0 Å². The Morgan fingerprint density at radius 1 is 0.958 bits per heavy atom. The molecule has 2 unspecified atom stereocenters. The molecule has 0 saturated carbocycles. The van der Waals surface area contributed by atoms with Gasteiger partial charge in [-0.05, 0) is 23.8 Å². The lowest BCUT2D eigenvalue weighted by Crippen LogP contribution is -2.50. The molecule has 0 radical (unpaired) electrons. The number of hydrogen-bond donors (Lipinski definition) is 2. The Morgan fingerprint density at radius 2 is 1.58 bits per heavy atom. The largest absolute Gasteiger partial charge is 0.504 e. The fourth-order valence-corrected chi connectivity index (χ4v) is 4.34. The highest BCUT2D eigenvalue weighted by Gasteiger charge is 2.48. The Kier molecular flexibility index (Phi) is 3.18. The van der Waals surface area contributed by atoms with E-state index in [0.29, 0.717) is 11.5 Å². The topological polar surface area (TPSA) is 58.9 Å². The van der Waals surface area contributed by atoms with Crippen LogP contribution in [0.5, 0.6) is 23.0 Å². The Hall–Kier alpha value is -2.40. The molecular formula is C19H22NO4+. The van der Waals surface area contributed by atoms with Gasteiger partial charge in [-0.3, -0.25) is 4.48 Å². The Morgan fingerprint density at radius 3 is 2.25 bits per heavy atom. The average molecular weight is 328 g/mol. The molecule has 2 heterocycles. The van der Waals surface area contributed by atoms with Crippen molar-refractivity contribution >= 4 is 5.69 Å². The van der Waals surface area contributed by atoms with Crippen LogP contribution in [0.25, 0.3) is 0 Å². The predicted molar refractivity (Wildman–Crippen MR) is 92.1 cm³/mol. The normalized spacial score (nSPS) is 24.0. The molecule has 4 rings (SSSR count). The molecule has 126 valence electrons. The summed E-state index contributed by atoms with van der Waals surface area (Å²) in [6.45, 7) is 0.949. The average Bonchev–Trinajstić information content (AvgIpc) is 2.86. The van der Waals surface area contributed by atoms with Gasteiger partial charge in [0, 0.05) is 30.0 Å². The first-order chi connectivity index (χ1) is 11.5. The maximum Gasteiger partial charge on any atom is 0.163 e. The lowest BCUT2D eigenvalue weighted by molar-refractivity contribution is 0.251. The van der Waals surface area contributed by atoms with Crippen LogP contribution < -0.4 is 14.0 Å². The van der Waals surface area contributed by atoms with Gasteiger partial charge >= 0.3 is 0 Å². The highest BCUT2D eigenvalue weighted by molar-refractivity contribution is 5.65. The van der Waals surface area contributed by atoms with Crippen molar-refractivity contribution in [3.8, 4) is 23.0 Å². The second-order valence-corrected chi connectivity index (χ2v) is 6.84. The summed E-state index contributed by atoms with van der Waals surface area (Å²) in [7, 11) is 5.34. The number of quaternary nitrogens is 1. The van der Waals surface area contributed by atoms with Crippen LogP contribution in [0.3, 0.4) is 0 Å². The van der Waals surface area contributed by atoms with Gasteiger partial charge in [-0.15, -0.1) is 0 Å². The first kappa shape index (κ1) is 15.1. The zero-order valence-electron chi connectivity index (χ0n) is 14.2. The molecular weight excluding hydrogens is 306 g/mol. The van der Waals surface area contributed by atoms with Crippen molar-refractivity contribution in [3.63, 3.8) is 0 Å². The van der Waals surface area contributed by atoms with E-state index in [9.17, 15) is 10.2 Å².